The van der Waals surface area contributed by atoms with Crippen molar-refractivity contribution in [3.05, 3.63) is 35.4 Å². The molecule has 0 N–H and O–H groups in total. The number of ether oxygens (including phenoxy) is 1. The number of rotatable bonds is 4. The minimum absolute atomic E-state index is 0.140. The Morgan fingerprint density at radius 2 is 2.19 bits per heavy atom. The molecule has 1 fully saturated rings. The van der Waals surface area contributed by atoms with Crippen LogP contribution in [-0.4, -0.2) is 30.0 Å². The molecule has 0 bridgehead atoms. The average molecular weight is 285 g/mol. The van der Waals surface area contributed by atoms with Gasteiger partial charge >= 0.3 is 0 Å². The van der Waals surface area contributed by atoms with Gasteiger partial charge < -0.3 is 9.64 Å². The van der Waals surface area contributed by atoms with Gasteiger partial charge in [0.25, 0.3) is 0 Å². The van der Waals surface area contributed by atoms with Crippen LogP contribution in [0.3, 0.4) is 0 Å². The molecular weight excluding hydrogens is 262 g/mol. The number of fused-ring (bicyclic) bond motifs is 1. The van der Waals surface area contributed by atoms with E-state index in [2.05, 4.69) is 13.0 Å². The van der Waals surface area contributed by atoms with E-state index in [1.165, 1.54) is 18.4 Å². The number of carbonyl (C=O) groups is 1. The van der Waals surface area contributed by atoms with Crippen molar-refractivity contribution in [2.24, 2.45) is 0 Å². The molecule has 1 aliphatic heterocycles. The molecule has 0 atom stereocenters. The van der Waals surface area contributed by atoms with Gasteiger partial charge in [-0.2, -0.15) is 0 Å². The van der Waals surface area contributed by atoms with E-state index in [4.69, 9.17) is 4.74 Å². The van der Waals surface area contributed by atoms with Crippen molar-refractivity contribution < 1.29 is 9.53 Å². The second kappa shape index (κ2) is 6.33. The van der Waals surface area contributed by atoms with Gasteiger partial charge in [-0.05, 0) is 49.1 Å². The molecule has 1 amide bonds. The number of carbonyl (C=O) groups excluding carboxylic acids is 1. The van der Waals surface area contributed by atoms with Gasteiger partial charge in [-0.25, -0.2) is 0 Å². The maximum Gasteiger partial charge on any atom is 0.246 e. The lowest BCUT2D eigenvalue weighted by atomic mass is 10.1. The van der Waals surface area contributed by atoms with Gasteiger partial charge in [-0.1, -0.05) is 18.9 Å². The van der Waals surface area contributed by atoms with Crippen LogP contribution in [0.2, 0.25) is 0 Å². The van der Waals surface area contributed by atoms with Crippen LogP contribution in [0.5, 0.6) is 5.75 Å². The van der Waals surface area contributed by atoms with Gasteiger partial charge in [0.05, 0.1) is 6.61 Å². The third kappa shape index (κ3) is 3.12. The summed E-state index contributed by atoms with van der Waals surface area (Å²) in [6, 6.07) is 6.58. The normalized spacial score (nSPS) is 18.0. The van der Waals surface area contributed by atoms with Crippen LogP contribution in [-0.2, 0) is 11.2 Å². The molecule has 0 saturated heterocycles. The summed E-state index contributed by atoms with van der Waals surface area (Å²) in [4.78, 5) is 14.4. The smallest absolute Gasteiger partial charge is 0.246 e. The van der Waals surface area contributed by atoms with E-state index < -0.39 is 0 Å². The van der Waals surface area contributed by atoms with Crippen molar-refractivity contribution in [3.8, 4) is 5.75 Å². The SMILES string of the molecule is CCN(C(=O)/C=C/c1ccc2c(c1)CCO2)C1CCCC1. The first-order chi connectivity index (χ1) is 10.3. The Morgan fingerprint density at radius 3 is 2.95 bits per heavy atom. The number of nitrogens with zero attached hydrogens (tertiary/aromatic N) is 1. The highest BCUT2D eigenvalue weighted by Crippen LogP contribution is 2.27. The average Bonchev–Trinajstić information content (AvgIpc) is 3.16. The van der Waals surface area contributed by atoms with Crippen LogP contribution in [0.25, 0.3) is 6.08 Å². The summed E-state index contributed by atoms with van der Waals surface area (Å²) in [7, 11) is 0. The molecule has 1 aromatic carbocycles. The first kappa shape index (κ1) is 14.2. The highest BCUT2D eigenvalue weighted by atomic mass is 16.5. The summed E-state index contributed by atoms with van der Waals surface area (Å²) >= 11 is 0. The molecule has 1 heterocycles. The molecule has 1 aromatic rings. The zero-order valence-electron chi connectivity index (χ0n) is 12.7. The monoisotopic (exact) mass is 285 g/mol. The molecule has 3 rings (SSSR count). The number of amides is 1. The molecule has 1 saturated carbocycles. The van der Waals surface area contributed by atoms with Crippen LogP contribution >= 0.6 is 0 Å². The second-order valence-corrected chi connectivity index (χ2v) is 5.86. The third-order valence-electron chi connectivity index (χ3n) is 4.52. The second-order valence-electron chi connectivity index (χ2n) is 5.86. The van der Waals surface area contributed by atoms with E-state index in [1.807, 2.05) is 23.1 Å². The Morgan fingerprint density at radius 1 is 1.38 bits per heavy atom. The number of likely N-dealkylation sites (N-methyl/N-ethyl adjacent to an activating group) is 1. The largest absolute Gasteiger partial charge is 0.493 e. The summed E-state index contributed by atoms with van der Waals surface area (Å²) in [5.74, 6) is 1.13. The Hall–Kier alpha value is -1.77. The number of hydrogen-bond donors (Lipinski definition) is 0. The van der Waals surface area contributed by atoms with Crippen molar-refractivity contribution in [3.63, 3.8) is 0 Å². The van der Waals surface area contributed by atoms with Gasteiger partial charge in [0.2, 0.25) is 5.91 Å². The molecule has 1 aliphatic carbocycles. The van der Waals surface area contributed by atoms with Crippen LogP contribution in [0, 0.1) is 0 Å². The molecule has 2 aliphatic rings. The summed E-state index contributed by atoms with van der Waals surface area (Å²) in [6.45, 7) is 3.63. The van der Waals surface area contributed by atoms with E-state index in [1.54, 1.807) is 6.08 Å². The minimum atomic E-state index is 0.140. The van der Waals surface area contributed by atoms with Crippen LogP contribution in [0.1, 0.15) is 43.7 Å². The van der Waals surface area contributed by atoms with Crippen LogP contribution < -0.4 is 4.74 Å². The highest BCUT2D eigenvalue weighted by molar-refractivity contribution is 5.92. The molecule has 3 nitrogen and oxygen atoms in total. The first-order valence-corrected chi connectivity index (χ1v) is 8.02. The fraction of sp³-hybridized carbons (Fsp3) is 0.500. The molecule has 112 valence electrons. The van der Waals surface area contributed by atoms with Gasteiger partial charge in [-0.3, -0.25) is 4.79 Å². The lowest BCUT2D eigenvalue weighted by molar-refractivity contribution is -0.127. The van der Waals surface area contributed by atoms with Gasteiger partial charge in [0, 0.05) is 25.1 Å². The van der Waals surface area contributed by atoms with E-state index in [0.29, 0.717) is 6.04 Å². The fourth-order valence-corrected chi connectivity index (χ4v) is 3.38. The summed E-state index contributed by atoms with van der Waals surface area (Å²) in [5, 5.41) is 0. The number of benzene rings is 1. The minimum Gasteiger partial charge on any atom is -0.493 e. The Bertz CT molecular complexity index is 544. The Kier molecular flexibility index (Phi) is 4.28. The molecular formula is C18H23NO2. The zero-order chi connectivity index (χ0) is 14.7. The van der Waals surface area contributed by atoms with Gasteiger partial charge in [0.15, 0.2) is 0 Å². The van der Waals surface area contributed by atoms with Crippen LogP contribution in [0.4, 0.5) is 0 Å². The standard InChI is InChI=1S/C18H23NO2/c1-2-19(16-5-3-4-6-16)18(20)10-8-14-7-9-17-15(13-14)11-12-21-17/h7-10,13,16H,2-6,11-12H2,1H3/b10-8+. The number of hydrogen-bond acceptors (Lipinski definition) is 2. The van der Waals surface area contributed by atoms with Gasteiger partial charge in [-0.15, -0.1) is 0 Å². The highest BCUT2D eigenvalue weighted by Gasteiger charge is 2.23. The van der Waals surface area contributed by atoms with Crippen molar-refractivity contribution >= 4 is 12.0 Å². The maximum absolute atomic E-state index is 12.4. The van der Waals surface area contributed by atoms with E-state index in [9.17, 15) is 4.79 Å². The lowest BCUT2D eigenvalue weighted by Gasteiger charge is -2.26. The molecule has 0 radical (unpaired) electrons. The summed E-state index contributed by atoms with van der Waals surface area (Å²) in [6.07, 6.45) is 9.44. The van der Waals surface area contributed by atoms with Crippen molar-refractivity contribution in [1.29, 1.82) is 0 Å². The summed E-state index contributed by atoms with van der Waals surface area (Å²) < 4.78 is 5.50. The van der Waals surface area contributed by atoms with Crippen molar-refractivity contribution in [1.82, 2.24) is 4.90 Å². The quantitative estimate of drug-likeness (QED) is 0.793. The third-order valence-corrected chi connectivity index (χ3v) is 4.52. The molecule has 0 spiro atoms. The Labute approximate surface area is 126 Å². The van der Waals surface area contributed by atoms with Crippen LogP contribution in [0.15, 0.2) is 24.3 Å². The van der Waals surface area contributed by atoms with E-state index in [0.717, 1.165) is 43.7 Å². The molecule has 3 heteroatoms. The van der Waals surface area contributed by atoms with E-state index >= 15 is 0 Å². The molecule has 0 aromatic heterocycles. The lowest BCUT2D eigenvalue weighted by Crippen LogP contribution is -2.37. The summed E-state index contributed by atoms with van der Waals surface area (Å²) in [5.41, 5.74) is 2.32. The predicted octanol–water partition coefficient (Wildman–Crippen LogP) is 3.43. The predicted molar refractivity (Wildman–Crippen MR) is 84.3 cm³/mol. The zero-order valence-corrected chi connectivity index (χ0v) is 12.7. The molecule has 21 heavy (non-hydrogen) atoms. The maximum atomic E-state index is 12.4. The Balaban J connectivity index is 1.68. The topological polar surface area (TPSA) is 29.5 Å². The molecule has 0 unspecified atom stereocenters. The van der Waals surface area contributed by atoms with Crippen molar-refractivity contribution in [2.45, 2.75) is 45.1 Å². The van der Waals surface area contributed by atoms with Gasteiger partial charge in [0.1, 0.15) is 5.75 Å². The van der Waals surface area contributed by atoms with E-state index in [-0.39, 0.29) is 5.91 Å². The fourth-order valence-electron chi connectivity index (χ4n) is 3.38. The first-order valence-electron chi connectivity index (χ1n) is 8.02. The van der Waals surface area contributed by atoms with Crippen molar-refractivity contribution in [2.75, 3.05) is 13.2 Å².